The smallest absolute Gasteiger partial charge is 0.355 e. The number of carbonyl (C=O) groups is 1. The molecule has 1 saturated heterocycles. The Bertz CT molecular complexity index is 1060. The lowest BCUT2D eigenvalue weighted by Gasteiger charge is -2.13. The highest BCUT2D eigenvalue weighted by atomic mass is 32.2. The van der Waals surface area contributed by atoms with Gasteiger partial charge in [0.05, 0.1) is 5.69 Å². The van der Waals surface area contributed by atoms with Crippen molar-refractivity contribution < 1.29 is 17.9 Å². The van der Waals surface area contributed by atoms with Crippen molar-refractivity contribution in [2.45, 2.75) is 24.3 Å². The van der Waals surface area contributed by atoms with Crippen molar-refractivity contribution in [1.29, 1.82) is 0 Å². The van der Waals surface area contributed by atoms with E-state index in [1.165, 1.54) is 21.1 Å². The molecule has 0 amide bonds. The van der Waals surface area contributed by atoms with Gasteiger partial charge in [0.1, 0.15) is 22.8 Å². The van der Waals surface area contributed by atoms with Crippen LogP contribution in [0.1, 0.15) is 29.0 Å². The standard InChI is InChI=1S/C18H20N4O4S/c1-20-12-15(27(24,25)22-8-4-5-9-22)10-16(20)18(23)26-13-14-11-21-7-3-2-6-17(21)19-14/h2-3,6-7,10-12H,4-5,8-9,13H2,1H3. The van der Waals surface area contributed by atoms with Crippen LogP contribution < -0.4 is 0 Å². The molecule has 4 heterocycles. The van der Waals surface area contributed by atoms with E-state index in [9.17, 15) is 13.2 Å². The number of sulfonamides is 1. The van der Waals surface area contributed by atoms with Crippen molar-refractivity contribution in [3.8, 4) is 0 Å². The number of ether oxygens (including phenoxy) is 1. The average Bonchev–Trinajstić information content (AvgIpc) is 3.38. The molecular weight excluding hydrogens is 368 g/mol. The summed E-state index contributed by atoms with van der Waals surface area (Å²) in [5.74, 6) is -0.586. The van der Waals surface area contributed by atoms with Crippen LogP contribution in [-0.2, 0) is 28.4 Å². The monoisotopic (exact) mass is 388 g/mol. The number of carbonyl (C=O) groups excluding carboxylic acids is 1. The number of hydrogen-bond donors (Lipinski definition) is 0. The molecule has 0 aromatic carbocycles. The van der Waals surface area contributed by atoms with E-state index in [0.29, 0.717) is 18.8 Å². The van der Waals surface area contributed by atoms with Crippen molar-refractivity contribution in [1.82, 2.24) is 18.3 Å². The van der Waals surface area contributed by atoms with Gasteiger partial charge in [-0.2, -0.15) is 4.31 Å². The van der Waals surface area contributed by atoms with Gasteiger partial charge in [-0.3, -0.25) is 0 Å². The van der Waals surface area contributed by atoms with Gasteiger partial charge in [0.2, 0.25) is 10.0 Å². The number of hydrogen-bond acceptors (Lipinski definition) is 5. The molecule has 4 rings (SSSR count). The summed E-state index contributed by atoms with van der Waals surface area (Å²) >= 11 is 0. The van der Waals surface area contributed by atoms with E-state index in [4.69, 9.17) is 4.74 Å². The molecule has 0 saturated carbocycles. The molecule has 9 heteroatoms. The molecule has 8 nitrogen and oxygen atoms in total. The van der Waals surface area contributed by atoms with Gasteiger partial charge in [0, 0.05) is 38.7 Å². The molecule has 0 radical (unpaired) electrons. The molecule has 142 valence electrons. The summed E-state index contributed by atoms with van der Waals surface area (Å²) in [6.07, 6.45) is 6.83. The van der Waals surface area contributed by atoms with Crippen LogP contribution in [0.4, 0.5) is 0 Å². The van der Waals surface area contributed by atoms with E-state index in [2.05, 4.69) is 4.98 Å². The van der Waals surface area contributed by atoms with Crippen molar-refractivity contribution in [3.05, 3.63) is 54.2 Å². The molecule has 0 atom stereocenters. The normalized spacial score (nSPS) is 15.4. The lowest BCUT2D eigenvalue weighted by atomic mass is 10.4. The van der Waals surface area contributed by atoms with Gasteiger partial charge in [-0.1, -0.05) is 6.07 Å². The number of rotatable bonds is 5. The summed E-state index contributed by atoms with van der Waals surface area (Å²) in [5.41, 5.74) is 1.58. The highest BCUT2D eigenvalue weighted by Gasteiger charge is 2.29. The molecule has 0 spiro atoms. The second-order valence-corrected chi connectivity index (χ2v) is 8.50. The summed E-state index contributed by atoms with van der Waals surface area (Å²) < 4.78 is 35.4. The molecule has 0 unspecified atom stereocenters. The number of esters is 1. The first-order valence-corrected chi connectivity index (χ1v) is 10.2. The van der Waals surface area contributed by atoms with Crippen LogP contribution in [0, 0.1) is 0 Å². The van der Waals surface area contributed by atoms with E-state index < -0.39 is 16.0 Å². The minimum atomic E-state index is -3.57. The van der Waals surface area contributed by atoms with Crippen LogP contribution >= 0.6 is 0 Å². The zero-order valence-electron chi connectivity index (χ0n) is 14.9. The van der Waals surface area contributed by atoms with Crippen molar-refractivity contribution in [2.75, 3.05) is 13.1 Å². The van der Waals surface area contributed by atoms with Gasteiger partial charge in [0.25, 0.3) is 0 Å². The Hall–Kier alpha value is -2.65. The summed E-state index contributed by atoms with van der Waals surface area (Å²) in [6.45, 7) is 1.05. The van der Waals surface area contributed by atoms with Crippen LogP contribution in [0.3, 0.4) is 0 Å². The molecule has 1 aliphatic rings. The maximum atomic E-state index is 12.6. The quantitative estimate of drug-likeness (QED) is 0.622. The number of aryl methyl sites for hydroxylation is 1. The molecule has 0 N–H and O–H groups in total. The van der Waals surface area contributed by atoms with Crippen LogP contribution in [-0.4, -0.2) is 45.7 Å². The molecule has 3 aromatic heterocycles. The second kappa shape index (κ2) is 6.82. The predicted octanol–water partition coefficient (Wildman–Crippen LogP) is 1.81. The van der Waals surface area contributed by atoms with E-state index in [1.807, 2.05) is 28.8 Å². The van der Waals surface area contributed by atoms with Crippen LogP contribution in [0.25, 0.3) is 5.65 Å². The third kappa shape index (κ3) is 3.35. The first-order chi connectivity index (χ1) is 12.9. The van der Waals surface area contributed by atoms with Crippen molar-refractivity contribution in [2.24, 2.45) is 7.05 Å². The van der Waals surface area contributed by atoms with Crippen LogP contribution in [0.5, 0.6) is 0 Å². The highest BCUT2D eigenvalue weighted by Crippen LogP contribution is 2.23. The van der Waals surface area contributed by atoms with E-state index >= 15 is 0 Å². The molecule has 0 aliphatic carbocycles. The van der Waals surface area contributed by atoms with Crippen molar-refractivity contribution >= 4 is 21.6 Å². The molecule has 27 heavy (non-hydrogen) atoms. The minimum absolute atomic E-state index is 0.0138. The third-order valence-electron chi connectivity index (χ3n) is 4.66. The van der Waals surface area contributed by atoms with E-state index in [-0.39, 0.29) is 17.2 Å². The third-order valence-corrected chi connectivity index (χ3v) is 6.52. The topological polar surface area (TPSA) is 85.9 Å². The second-order valence-electron chi connectivity index (χ2n) is 6.56. The highest BCUT2D eigenvalue weighted by molar-refractivity contribution is 7.89. The Morgan fingerprint density at radius 2 is 2.00 bits per heavy atom. The van der Waals surface area contributed by atoms with Gasteiger partial charge in [0.15, 0.2) is 0 Å². The van der Waals surface area contributed by atoms with E-state index in [0.717, 1.165) is 18.5 Å². The number of pyridine rings is 1. The SMILES string of the molecule is Cn1cc(S(=O)(=O)N2CCCC2)cc1C(=O)OCc1cn2ccccc2n1. The van der Waals surface area contributed by atoms with Crippen molar-refractivity contribution in [3.63, 3.8) is 0 Å². The lowest BCUT2D eigenvalue weighted by molar-refractivity contribution is 0.0457. The van der Waals surface area contributed by atoms with E-state index in [1.54, 1.807) is 13.2 Å². The summed E-state index contributed by atoms with van der Waals surface area (Å²) in [4.78, 5) is 16.9. The maximum Gasteiger partial charge on any atom is 0.355 e. The minimum Gasteiger partial charge on any atom is -0.454 e. The summed E-state index contributed by atoms with van der Waals surface area (Å²) in [5, 5.41) is 0. The fourth-order valence-corrected chi connectivity index (χ4v) is 4.81. The number of nitrogens with zero attached hydrogens (tertiary/aromatic N) is 4. The number of aromatic nitrogens is 3. The van der Waals surface area contributed by atoms with Crippen LogP contribution in [0.15, 0.2) is 47.8 Å². The van der Waals surface area contributed by atoms with Gasteiger partial charge >= 0.3 is 5.97 Å². The largest absolute Gasteiger partial charge is 0.454 e. The number of imidazole rings is 1. The van der Waals surface area contributed by atoms with Gasteiger partial charge < -0.3 is 13.7 Å². The summed E-state index contributed by atoms with van der Waals surface area (Å²) in [7, 11) is -1.94. The summed E-state index contributed by atoms with van der Waals surface area (Å²) in [6, 6.07) is 7.00. The maximum absolute atomic E-state index is 12.6. The van der Waals surface area contributed by atoms with Gasteiger partial charge in [-0.05, 0) is 31.0 Å². The molecule has 1 aliphatic heterocycles. The first kappa shape index (κ1) is 17.7. The number of fused-ring (bicyclic) bond motifs is 1. The molecule has 0 bridgehead atoms. The Labute approximate surface area is 157 Å². The lowest BCUT2D eigenvalue weighted by Crippen LogP contribution is -2.27. The first-order valence-electron chi connectivity index (χ1n) is 8.71. The Morgan fingerprint density at radius 3 is 2.74 bits per heavy atom. The fraction of sp³-hybridized carbons (Fsp3) is 0.333. The Morgan fingerprint density at radius 1 is 1.22 bits per heavy atom. The molecular formula is C18H20N4O4S. The van der Waals surface area contributed by atoms with Gasteiger partial charge in [-0.15, -0.1) is 0 Å². The predicted molar refractivity (Wildman–Crippen MR) is 97.7 cm³/mol. The Balaban J connectivity index is 1.49. The average molecular weight is 388 g/mol. The Kier molecular flexibility index (Phi) is 4.48. The molecule has 3 aromatic rings. The van der Waals surface area contributed by atoms with Gasteiger partial charge in [-0.25, -0.2) is 18.2 Å². The zero-order chi connectivity index (χ0) is 19.0. The zero-order valence-corrected chi connectivity index (χ0v) is 15.7. The fourth-order valence-electron chi connectivity index (χ4n) is 3.23. The van der Waals surface area contributed by atoms with Crippen LogP contribution in [0.2, 0.25) is 0 Å². The molecule has 1 fully saturated rings.